The van der Waals surface area contributed by atoms with Gasteiger partial charge in [-0.2, -0.15) is 5.10 Å². The summed E-state index contributed by atoms with van der Waals surface area (Å²) < 4.78 is 5.23. The van der Waals surface area contributed by atoms with Gasteiger partial charge in [-0.25, -0.2) is 5.43 Å². The Morgan fingerprint density at radius 2 is 2.17 bits per heavy atom. The standard InChI is InChI=1S/C17H18ClN3O3/c1-2-24-16-7-6-12(8-15(16)22)10-20-21-17(23)11-19-14-5-3-4-13(18)9-14/h3-10,19,22H,2,11H2,1H3,(H,21,23)/b20-10+. The van der Waals surface area contributed by atoms with E-state index in [4.69, 9.17) is 16.3 Å². The number of carbonyl (C=O) groups excluding carboxylic acids is 1. The van der Waals surface area contributed by atoms with Crippen molar-refractivity contribution in [3.63, 3.8) is 0 Å². The number of aromatic hydroxyl groups is 1. The Labute approximate surface area is 145 Å². The highest BCUT2D eigenvalue weighted by molar-refractivity contribution is 6.30. The summed E-state index contributed by atoms with van der Waals surface area (Å²) in [5.74, 6) is 0.126. The third kappa shape index (κ3) is 5.48. The predicted octanol–water partition coefficient (Wildman–Crippen LogP) is 3.01. The van der Waals surface area contributed by atoms with E-state index in [9.17, 15) is 9.90 Å². The van der Waals surface area contributed by atoms with Crippen LogP contribution >= 0.6 is 11.6 Å². The molecule has 0 unspecified atom stereocenters. The normalized spacial score (nSPS) is 10.6. The Morgan fingerprint density at radius 1 is 1.33 bits per heavy atom. The number of halogens is 1. The van der Waals surface area contributed by atoms with Crippen molar-refractivity contribution in [2.24, 2.45) is 5.10 Å². The number of rotatable bonds is 7. The van der Waals surface area contributed by atoms with Gasteiger partial charge in [-0.3, -0.25) is 4.79 Å². The molecule has 7 heteroatoms. The quantitative estimate of drug-likeness (QED) is 0.531. The van der Waals surface area contributed by atoms with Crippen LogP contribution in [0, 0.1) is 0 Å². The lowest BCUT2D eigenvalue weighted by Gasteiger charge is -2.06. The first-order valence-corrected chi connectivity index (χ1v) is 7.73. The smallest absolute Gasteiger partial charge is 0.259 e. The van der Waals surface area contributed by atoms with Crippen molar-refractivity contribution in [3.8, 4) is 11.5 Å². The number of hydrazone groups is 1. The average Bonchev–Trinajstić information content (AvgIpc) is 2.56. The fraction of sp³-hybridized carbons (Fsp3) is 0.176. The lowest BCUT2D eigenvalue weighted by atomic mass is 10.2. The van der Waals surface area contributed by atoms with Crippen molar-refractivity contribution in [2.45, 2.75) is 6.92 Å². The lowest BCUT2D eigenvalue weighted by Crippen LogP contribution is -2.25. The first-order valence-electron chi connectivity index (χ1n) is 7.35. The minimum atomic E-state index is -0.304. The number of hydrogen-bond acceptors (Lipinski definition) is 5. The number of ether oxygens (including phenoxy) is 1. The number of phenolic OH excluding ortho intramolecular Hbond substituents is 1. The molecule has 0 radical (unpaired) electrons. The summed E-state index contributed by atoms with van der Waals surface area (Å²) in [5, 5.41) is 17.1. The maximum absolute atomic E-state index is 11.7. The van der Waals surface area contributed by atoms with Crippen molar-refractivity contribution in [1.82, 2.24) is 5.43 Å². The van der Waals surface area contributed by atoms with Gasteiger partial charge in [0, 0.05) is 10.7 Å². The van der Waals surface area contributed by atoms with E-state index in [1.165, 1.54) is 12.3 Å². The monoisotopic (exact) mass is 347 g/mol. The van der Waals surface area contributed by atoms with Gasteiger partial charge in [-0.05, 0) is 48.9 Å². The Balaban J connectivity index is 1.82. The zero-order valence-corrected chi connectivity index (χ0v) is 13.9. The minimum Gasteiger partial charge on any atom is -0.504 e. The second kappa shape index (κ2) is 8.79. The first kappa shape index (κ1) is 17.6. The number of nitrogens with zero attached hydrogens (tertiary/aromatic N) is 1. The molecular formula is C17H18ClN3O3. The van der Waals surface area contributed by atoms with Crippen LogP contribution in [0.2, 0.25) is 5.02 Å². The molecule has 2 aromatic rings. The second-order valence-corrected chi connectivity index (χ2v) is 5.25. The summed E-state index contributed by atoms with van der Waals surface area (Å²) in [5.41, 5.74) is 3.78. The van der Waals surface area contributed by atoms with Crippen LogP contribution in [0.25, 0.3) is 0 Å². The molecule has 2 aromatic carbocycles. The largest absolute Gasteiger partial charge is 0.504 e. The van der Waals surface area contributed by atoms with E-state index in [0.717, 1.165) is 5.69 Å². The summed E-state index contributed by atoms with van der Waals surface area (Å²) in [7, 11) is 0. The molecule has 0 atom stereocenters. The molecule has 0 heterocycles. The molecule has 3 N–H and O–H groups in total. The highest BCUT2D eigenvalue weighted by Crippen LogP contribution is 2.26. The third-order valence-electron chi connectivity index (χ3n) is 2.96. The van der Waals surface area contributed by atoms with Crippen LogP contribution in [-0.4, -0.2) is 30.4 Å². The molecule has 0 saturated carbocycles. The summed E-state index contributed by atoms with van der Waals surface area (Å²) in [6, 6.07) is 12.0. The van der Waals surface area contributed by atoms with Crippen LogP contribution in [0.4, 0.5) is 5.69 Å². The molecule has 0 fully saturated rings. The van der Waals surface area contributed by atoms with Crippen molar-refractivity contribution >= 4 is 29.4 Å². The van der Waals surface area contributed by atoms with E-state index in [1.807, 2.05) is 13.0 Å². The number of anilines is 1. The van der Waals surface area contributed by atoms with Crippen LogP contribution in [-0.2, 0) is 4.79 Å². The van der Waals surface area contributed by atoms with Gasteiger partial charge in [0.25, 0.3) is 5.91 Å². The van der Waals surface area contributed by atoms with E-state index in [1.54, 1.807) is 30.3 Å². The van der Waals surface area contributed by atoms with Gasteiger partial charge >= 0.3 is 0 Å². The molecular weight excluding hydrogens is 330 g/mol. The Hall–Kier alpha value is -2.73. The highest BCUT2D eigenvalue weighted by Gasteiger charge is 2.03. The summed E-state index contributed by atoms with van der Waals surface area (Å²) in [6.07, 6.45) is 1.44. The van der Waals surface area contributed by atoms with Crippen LogP contribution < -0.4 is 15.5 Å². The fourth-order valence-electron chi connectivity index (χ4n) is 1.89. The molecule has 126 valence electrons. The van der Waals surface area contributed by atoms with Crippen LogP contribution in [0.5, 0.6) is 11.5 Å². The number of benzene rings is 2. The van der Waals surface area contributed by atoms with Crippen molar-refractivity contribution in [1.29, 1.82) is 0 Å². The molecule has 0 aliphatic rings. The molecule has 0 spiro atoms. The number of nitrogens with one attached hydrogen (secondary N) is 2. The van der Waals surface area contributed by atoms with Gasteiger partial charge in [0.1, 0.15) is 0 Å². The zero-order valence-electron chi connectivity index (χ0n) is 13.1. The van der Waals surface area contributed by atoms with Crippen molar-refractivity contribution in [3.05, 3.63) is 53.1 Å². The molecule has 6 nitrogen and oxygen atoms in total. The number of hydrogen-bond donors (Lipinski definition) is 3. The fourth-order valence-corrected chi connectivity index (χ4v) is 2.08. The van der Waals surface area contributed by atoms with Gasteiger partial charge in [0.2, 0.25) is 0 Å². The third-order valence-corrected chi connectivity index (χ3v) is 3.20. The van der Waals surface area contributed by atoms with E-state index >= 15 is 0 Å². The Kier molecular flexibility index (Phi) is 6.45. The molecule has 0 aliphatic heterocycles. The van der Waals surface area contributed by atoms with Crippen molar-refractivity contribution in [2.75, 3.05) is 18.5 Å². The van der Waals surface area contributed by atoms with E-state index in [-0.39, 0.29) is 18.2 Å². The molecule has 1 amide bonds. The molecule has 0 bridgehead atoms. The molecule has 24 heavy (non-hydrogen) atoms. The van der Waals surface area contributed by atoms with Crippen LogP contribution in [0.1, 0.15) is 12.5 Å². The first-order chi connectivity index (χ1) is 11.6. The number of phenols is 1. The molecule has 0 aliphatic carbocycles. The molecule has 0 aromatic heterocycles. The number of carbonyl (C=O) groups is 1. The topological polar surface area (TPSA) is 83.0 Å². The van der Waals surface area contributed by atoms with E-state index in [2.05, 4.69) is 15.8 Å². The van der Waals surface area contributed by atoms with Gasteiger partial charge < -0.3 is 15.2 Å². The second-order valence-electron chi connectivity index (χ2n) is 4.82. The van der Waals surface area contributed by atoms with Gasteiger partial charge in [0.05, 0.1) is 19.4 Å². The Morgan fingerprint density at radius 3 is 2.88 bits per heavy atom. The maximum Gasteiger partial charge on any atom is 0.259 e. The van der Waals surface area contributed by atoms with Gasteiger partial charge in [-0.1, -0.05) is 17.7 Å². The van der Waals surface area contributed by atoms with Gasteiger partial charge in [-0.15, -0.1) is 0 Å². The molecule has 2 rings (SSSR count). The SMILES string of the molecule is CCOc1ccc(/C=N/NC(=O)CNc2cccc(Cl)c2)cc1O. The zero-order chi connectivity index (χ0) is 17.4. The lowest BCUT2D eigenvalue weighted by molar-refractivity contribution is -0.119. The Bertz CT molecular complexity index is 735. The maximum atomic E-state index is 11.7. The predicted molar refractivity (Wildman–Crippen MR) is 95.0 cm³/mol. The number of amides is 1. The summed E-state index contributed by atoms with van der Waals surface area (Å²) in [4.78, 5) is 11.7. The van der Waals surface area contributed by atoms with E-state index < -0.39 is 0 Å². The average molecular weight is 348 g/mol. The summed E-state index contributed by atoms with van der Waals surface area (Å²) in [6.45, 7) is 2.37. The molecule has 0 saturated heterocycles. The van der Waals surface area contributed by atoms with Crippen LogP contribution in [0.15, 0.2) is 47.6 Å². The van der Waals surface area contributed by atoms with Crippen molar-refractivity contribution < 1.29 is 14.6 Å². The van der Waals surface area contributed by atoms with Crippen LogP contribution in [0.3, 0.4) is 0 Å². The summed E-state index contributed by atoms with van der Waals surface area (Å²) >= 11 is 5.86. The van der Waals surface area contributed by atoms with E-state index in [0.29, 0.717) is 22.9 Å². The highest BCUT2D eigenvalue weighted by atomic mass is 35.5. The minimum absolute atomic E-state index is 0.0229. The van der Waals surface area contributed by atoms with Gasteiger partial charge in [0.15, 0.2) is 11.5 Å².